The van der Waals surface area contributed by atoms with Gasteiger partial charge in [-0.25, -0.2) is 0 Å². The first-order chi connectivity index (χ1) is 13.3. The summed E-state index contributed by atoms with van der Waals surface area (Å²) >= 11 is 0. The Bertz CT molecular complexity index is 1200. The Balaban J connectivity index is 1.71. The average Bonchev–Trinajstić information content (AvgIpc) is 3.06. The molecule has 0 aliphatic heterocycles. The van der Waals surface area contributed by atoms with Crippen LogP contribution in [-0.2, 0) is 0 Å². The Morgan fingerprint density at radius 2 is 1.30 bits per heavy atom. The predicted molar refractivity (Wildman–Crippen MR) is 115 cm³/mol. The lowest BCUT2D eigenvalue weighted by molar-refractivity contribution is 1.53. The van der Waals surface area contributed by atoms with Crippen molar-refractivity contribution in [2.75, 3.05) is 0 Å². The second-order valence-corrected chi connectivity index (χ2v) is 6.78. The first-order valence-electron chi connectivity index (χ1n) is 9.00. The van der Waals surface area contributed by atoms with Crippen molar-refractivity contribution in [2.45, 2.75) is 0 Å². The number of nitrogens with two attached hydrogens (primary N) is 1. The van der Waals surface area contributed by atoms with Gasteiger partial charge in [-0.1, -0.05) is 78.9 Å². The molecule has 2 nitrogen and oxygen atoms in total. The molecule has 128 valence electrons. The van der Waals surface area contributed by atoms with Crippen LogP contribution >= 0.6 is 0 Å². The van der Waals surface area contributed by atoms with Crippen LogP contribution in [0.2, 0.25) is 0 Å². The van der Waals surface area contributed by atoms with Gasteiger partial charge in [-0.2, -0.15) is 0 Å². The van der Waals surface area contributed by atoms with Crippen LogP contribution < -0.4 is 5.73 Å². The first kappa shape index (κ1) is 15.6. The van der Waals surface area contributed by atoms with Crippen molar-refractivity contribution in [1.29, 1.82) is 5.41 Å². The van der Waals surface area contributed by atoms with Gasteiger partial charge in [0.05, 0.1) is 0 Å². The topological polar surface area (TPSA) is 49.9 Å². The number of fused-ring (bicyclic) bond motifs is 3. The van der Waals surface area contributed by atoms with Gasteiger partial charge >= 0.3 is 0 Å². The van der Waals surface area contributed by atoms with Crippen molar-refractivity contribution >= 4 is 22.6 Å². The molecule has 3 N–H and O–H groups in total. The van der Waals surface area contributed by atoms with E-state index >= 15 is 0 Å². The minimum absolute atomic E-state index is 0.720. The lowest BCUT2D eigenvalue weighted by atomic mass is 9.93. The molecule has 2 heteroatoms. The van der Waals surface area contributed by atoms with E-state index in [1.807, 2.05) is 12.1 Å². The largest absolute Gasteiger partial charge is 0.404 e. The van der Waals surface area contributed by atoms with Crippen LogP contribution in [-0.4, -0.2) is 6.21 Å². The molecule has 0 unspecified atom stereocenters. The molecule has 27 heavy (non-hydrogen) atoms. The van der Waals surface area contributed by atoms with Gasteiger partial charge in [-0.3, -0.25) is 0 Å². The molecule has 5 rings (SSSR count). The Labute approximate surface area is 158 Å². The summed E-state index contributed by atoms with van der Waals surface area (Å²) < 4.78 is 0. The van der Waals surface area contributed by atoms with Crippen molar-refractivity contribution < 1.29 is 0 Å². The van der Waals surface area contributed by atoms with Crippen molar-refractivity contribution in [2.24, 2.45) is 5.73 Å². The van der Waals surface area contributed by atoms with E-state index in [9.17, 15) is 0 Å². The Morgan fingerprint density at radius 1 is 0.667 bits per heavy atom. The maximum absolute atomic E-state index is 7.47. The highest BCUT2D eigenvalue weighted by Gasteiger charge is 2.21. The Morgan fingerprint density at radius 3 is 1.96 bits per heavy atom. The third-order valence-corrected chi connectivity index (χ3v) is 5.41. The molecule has 1 aliphatic carbocycles. The highest BCUT2D eigenvalue weighted by Crippen LogP contribution is 2.49. The van der Waals surface area contributed by atoms with Gasteiger partial charge in [0.15, 0.2) is 0 Å². The van der Waals surface area contributed by atoms with E-state index in [-0.39, 0.29) is 0 Å². The fraction of sp³-hybridized carbons (Fsp3) is 0. The lowest BCUT2D eigenvalue weighted by Crippen LogP contribution is -1.90. The monoisotopic (exact) mass is 346 g/mol. The quantitative estimate of drug-likeness (QED) is 0.381. The lowest BCUT2D eigenvalue weighted by Gasteiger charge is -2.10. The fourth-order valence-electron chi connectivity index (χ4n) is 4.13. The number of allylic oxidation sites excluding steroid dienone is 1. The summed E-state index contributed by atoms with van der Waals surface area (Å²) in [6.07, 6.45) is 2.75. The van der Waals surface area contributed by atoms with Gasteiger partial charge in [-0.05, 0) is 49.7 Å². The molecule has 4 aromatic rings. The van der Waals surface area contributed by atoms with E-state index in [1.165, 1.54) is 56.6 Å². The van der Waals surface area contributed by atoms with Gasteiger partial charge in [0.25, 0.3) is 0 Å². The van der Waals surface area contributed by atoms with Crippen LogP contribution in [0.3, 0.4) is 0 Å². The van der Waals surface area contributed by atoms with Gasteiger partial charge in [0, 0.05) is 18.0 Å². The zero-order valence-electron chi connectivity index (χ0n) is 14.7. The van der Waals surface area contributed by atoms with E-state index in [1.54, 1.807) is 0 Å². The van der Waals surface area contributed by atoms with Gasteiger partial charge < -0.3 is 11.1 Å². The van der Waals surface area contributed by atoms with E-state index in [0.717, 1.165) is 11.1 Å². The normalized spacial score (nSPS) is 12.2. The maximum atomic E-state index is 7.47. The summed E-state index contributed by atoms with van der Waals surface area (Å²) in [5.74, 6) is 0. The van der Waals surface area contributed by atoms with Crippen LogP contribution in [0.1, 0.15) is 5.56 Å². The van der Waals surface area contributed by atoms with Crippen molar-refractivity contribution in [3.63, 3.8) is 0 Å². The number of rotatable bonds is 3. The van der Waals surface area contributed by atoms with Gasteiger partial charge in [-0.15, -0.1) is 0 Å². The van der Waals surface area contributed by atoms with Gasteiger partial charge in [0.1, 0.15) is 0 Å². The van der Waals surface area contributed by atoms with Crippen LogP contribution in [0, 0.1) is 5.41 Å². The van der Waals surface area contributed by atoms with Crippen molar-refractivity contribution in [3.05, 3.63) is 90.6 Å². The zero-order chi connectivity index (χ0) is 18.4. The zero-order valence-corrected chi connectivity index (χ0v) is 14.7. The van der Waals surface area contributed by atoms with Crippen LogP contribution in [0.4, 0.5) is 0 Å². The minimum Gasteiger partial charge on any atom is -0.404 e. The Hall–Kier alpha value is -3.65. The number of nitrogens with one attached hydrogen (secondary N) is 1. The average molecular weight is 346 g/mol. The highest BCUT2D eigenvalue weighted by atomic mass is 14.5. The molecule has 0 spiro atoms. The summed E-state index contributed by atoms with van der Waals surface area (Å²) in [5.41, 5.74) is 14.9. The second kappa shape index (κ2) is 5.96. The minimum atomic E-state index is 0.720. The molecule has 0 saturated carbocycles. The molecule has 0 atom stereocenters. The molecule has 0 saturated heterocycles. The van der Waals surface area contributed by atoms with E-state index in [2.05, 4.69) is 66.7 Å². The SMILES string of the molecule is N=CC(=CN)c1ccc(-c2ccc3c4c(cccc24)-c2ccccc2-3)cc1. The van der Waals surface area contributed by atoms with E-state index in [4.69, 9.17) is 11.1 Å². The third-order valence-electron chi connectivity index (χ3n) is 5.41. The Kier molecular flexibility index (Phi) is 3.44. The molecule has 0 radical (unpaired) electrons. The molecule has 0 heterocycles. The number of hydrogen-bond acceptors (Lipinski definition) is 2. The second-order valence-electron chi connectivity index (χ2n) is 6.78. The molecule has 0 amide bonds. The molecule has 0 bridgehead atoms. The number of benzene rings is 4. The molecule has 0 aromatic heterocycles. The van der Waals surface area contributed by atoms with Crippen molar-refractivity contribution in [1.82, 2.24) is 0 Å². The smallest absolute Gasteiger partial charge is 0.0270 e. The molecule has 0 fully saturated rings. The predicted octanol–water partition coefficient (Wildman–Crippen LogP) is 6.10. The van der Waals surface area contributed by atoms with Crippen LogP contribution in [0.25, 0.3) is 49.7 Å². The standard InChI is InChI=1S/C25H18N2/c26-14-18(15-27)16-8-10-17(11-9-16)19-12-13-24-21-5-2-1-4-20(21)23-7-3-6-22(19)25(23)24/h1-15,26H,27H2. The molecule has 1 aliphatic rings. The summed E-state index contributed by atoms with van der Waals surface area (Å²) in [6, 6.07) is 27.9. The number of hydrogen-bond donors (Lipinski definition) is 2. The summed E-state index contributed by atoms with van der Waals surface area (Å²) in [6.45, 7) is 0. The van der Waals surface area contributed by atoms with Crippen molar-refractivity contribution in [3.8, 4) is 33.4 Å². The maximum Gasteiger partial charge on any atom is 0.0270 e. The summed E-state index contributed by atoms with van der Waals surface area (Å²) in [5, 5.41) is 10.1. The fourth-order valence-corrected chi connectivity index (χ4v) is 4.13. The third kappa shape index (κ3) is 2.24. The van der Waals surface area contributed by atoms with Crippen LogP contribution in [0.15, 0.2) is 85.1 Å². The molecular formula is C25H18N2. The highest BCUT2D eigenvalue weighted by molar-refractivity contribution is 6.18. The van der Waals surface area contributed by atoms with E-state index < -0.39 is 0 Å². The summed E-state index contributed by atoms with van der Waals surface area (Å²) in [7, 11) is 0. The molecular weight excluding hydrogens is 328 g/mol. The van der Waals surface area contributed by atoms with Gasteiger partial charge in [0.2, 0.25) is 0 Å². The summed E-state index contributed by atoms with van der Waals surface area (Å²) in [4.78, 5) is 0. The van der Waals surface area contributed by atoms with E-state index in [0.29, 0.717) is 0 Å². The first-order valence-corrected chi connectivity index (χ1v) is 9.00. The van der Waals surface area contributed by atoms with Crippen LogP contribution in [0.5, 0.6) is 0 Å². The molecule has 4 aromatic carbocycles.